The molecule has 0 aliphatic rings. The molecule has 0 rings (SSSR count). The molecule has 11 heavy (non-hydrogen) atoms. The summed E-state index contributed by atoms with van der Waals surface area (Å²) in [5.41, 5.74) is 15.0. The zero-order valence-corrected chi connectivity index (χ0v) is 7.13. The molecule has 0 atom stereocenters. The van der Waals surface area contributed by atoms with Crippen molar-refractivity contribution in [1.29, 1.82) is 0 Å². The molecule has 0 heterocycles. The monoisotopic (exact) mass is 163 g/mol. The SMILES string of the molecule is NCCCCCCN.NCO. The molecule has 70 valence electrons. The van der Waals surface area contributed by atoms with Gasteiger partial charge in [-0.25, -0.2) is 0 Å². The molecule has 0 aliphatic carbocycles. The Labute approximate surface area is 68.7 Å². The van der Waals surface area contributed by atoms with Crippen molar-refractivity contribution < 1.29 is 5.11 Å². The lowest BCUT2D eigenvalue weighted by Gasteiger charge is -1.94. The molecule has 0 amide bonds. The Morgan fingerprint density at radius 3 is 1.18 bits per heavy atom. The number of hydrogen-bond acceptors (Lipinski definition) is 4. The fraction of sp³-hybridized carbons (Fsp3) is 1.00. The van der Waals surface area contributed by atoms with Crippen LogP contribution in [0.25, 0.3) is 0 Å². The van der Waals surface area contributed by atoms with Crippen LogP contribution in [-0.4, -0.2) is 24.9 Å². The molecule has 0 saturated carbocycles. The maximum atomic E-state index is 7.35. The maximum absolute atomic E-state index is 7.35. The van der Waals surface area contributed by atoms with Crippen molar-refractivity contribution in [2.45, 2.75) is 25.7 Å². The summed E-state index contributed by atoms with van der Waals surface area (Å²) >= 11 is 0. The Kier molecular flexibility index (Phi) is 20.1. The minimum absolute atomic E-state index is 0.250. The molecule has 0 bridgehead atoms. The van der Waals surface area contributed by atoms with E-state index in [0.717, 1.165) is 25.9 Å². The lowest BCUT2D eigenvalue weighted by atomic mass is 10.2. The largest absolute Gasteiger partial charge is 0.382 e. The van der Waals surface area contributed by atoms with Crippen LogP contribution in [0.1, 0.15) is 25.7 Å². The van der Waals surface area contributed by atoms with E-state index in [0.29, 0.717) is 0 Å². The van der Waals surface area contributed by atoms with Crippen LogP contribution in [0.2, 0.25) is 0 Å². The van der Waals surface area contributed by atoms with Gasteiger partial charge < -0.3 is 22.3 Å². The zero-order chi connectivity index (χ0) is 8.95. The molecule has 0 radical (unpaired) electrons. The van der Waals surface area contributed by atoms with Crippen LogP contribution in [0.3, 0.4) is 0 Å². The molecule has 0 aromatic carbocycles. The second-order valence-corrected chi connectivity index (χ2v) is 2.17. The van der Waals surface area contributed by atoms with Gasteiger partial charge in [0, 0.05) is 0 Å². The fourth-order valence-corrected chi connectivity index (χ4v) is 0.642. The molecule has 0 aliphatic heterocycles. The summed E-state index contributed by atoms with van der Waals surface area (Å²) in [6, 6.07) is 0. The molecular weight excluding hydrogens is 142 g/mol. The normalized spacial score (nSPS) is 8.73. The summed E-state index contributed by atoms with van der Waals surface area (Å²) < 4.78 is 0. The number of aliphatic hydroxyl groups is 1. The summed E-state index contributed by atoms with van der Waals surface area (Å²) in [4.78, 5) is 0. The van der Waals surface area contributed by atoms with Crippen molar-refractivity contribution >= 4 is 0 Å². The van der Waals surface area contributed by atoms with Crippen LogP contribution >= 0.6 is 0 Å². The van der Waals surface area contributed by atoms with Crippen LogP contribution in [0.5, 0.6) is 0 Å². The average Bonchev–Trinajstić information content (AvgIpc) is 2.00. The van der Waals surface area contributed by atoms with Gasteiger partial charge >= 0.3 is 0 Å². The molecule has 0 aromatic rings. The first-order valence-corrected chi connectivity index (χ1v) is 4.04. The minimum atomic E-state index is -0.250. The number of unbranched alkanes of at least 4 members (excludes halogenated alkanes) is 3. The number of hydrogen-bond donors (Lipinski definition) is 4. The molecule has 0 unspecified atom stereocenters. The summed E-state index contributed by atoms with van der Waals surface area (Å²) in [5.74, 6) is 0. The first kappa shape index (κ1) is 13.4. The topological polar surface area (TPSA) is 98.3 Å². The van der Waals surface area contributed by atoms with E-state index in [2.05, 4.69) is 5.73 Å². The van der Waals surface area contributed by atoms with Gasteiger partial charge in [-0.15, -0.1) is 0 Å². The van der Waals surface area contributed by atoms with Gasteiger partial charge in [0.25, 0.3) is 0 Å². The standard InChI is InChI=1S/C6H16N2.CH5NO/c7-5-3-1-2-4-6-8;2-1-3/h1-8H2;3H,1-2H2. The zero-order valence-electron chi connectivity index (χ0n) is 7.13. The Balaban J connectivity index is 0. The van der Waals surface area contributed by atoms with Gasteiger partial charge in [0.15, 0.2) is 0 Å². The molecule has 7 N–H and O–H groups in total. The average molecular weight is 163 g/mol. The highest BCUT2D eigenvalue weighted by Crippen LogP contribution is 1.95. The Hall–Kier alpha value is -0.160. The van der Waals surface area contributed by atoms with Crippen molar-refractivity contribution in [3.05, 3.63) is 0 Å². The van der Waals surface area contributed by atoms with Gasteiger partial charge in [0.05, 0.1) is 6.73 Å². The number of nitrogens with two attached hydrogens (primary N) is 3. The highest BCUT2D eigenvalue weighted by atomic mass is 16.3. The third kappa shape index (κ3) is 25.8. The lowest BCUT2D eigenvalue weighted by Crippen LogP contribution is -2.00. The third-order valence-electron chi connectivity index (χ3n) is 1.16. The maximum Gasteiger partial charge on any atom is 0.0906 e. The molecule has 4 heteroatoms. The molecular formula is C7H21N3O. The van der Waals surface area contributed by atoms with Crippen LogP contribution in [0.4, 0.5) is 0 Å². The number of aliphatic hydroxyl groups excluding tert-OH is 1. The van der Waals surface area contributed by atoms with Gasteiger partial charge in [0.1, 0.15) is 0 Å². The highest BCUT2D eigenvalue weighted by Gasteiger charge is 1.83. The van der Waals surface area contributed by atoms with E-state index in [-0.39, 0.29) is 6.73 Å². The Morgan fingerprint density at radius 2 is 1.00 bits per heavy atom. The van der Waals surface area contributed by atoms with Gasteiger partial charge in [0.2, 0.25) is 0 Å². The van der Waals surface area contributed by atoms with E-state index in [1.807, 2.05) is 0 Å². The van der Waals surface area contributed by atoms with Crippen molar-refractivity contribution in [3.8, 4) is 0 Å². The van der Waals surface area contributed by atoms with Crippen LogP contribution in [0, 0.1) is 0 Å². The molecule has 0 spiro atoms. The van der Waals surface area contributed by atoms with Crippen molar-refractivity contribution in [2.24, 2.45) is 17.2 Å². The summed E-state index contributed by atoms with van der Waals surface area (Å²) in [6.45, 7) is 1.40. The van der Waals surface area contributed by atoms with Crippen molar-refractivity contribution in [3.63, 3.8) is 0 Å². The predicted molar refractivity (Wildman–Crippen MR) is 47.9 cm³/mol. The van der Waals surface area contributed by atoms with E-state index in [9.17, 15) is 0 Å². The first-order chi connectivity index (χ1) is 5.33. The quantitative estimate of drug-likeness (QED) is 0.320. The van der Waals surface area contributed by atoms with Gasteiger partial charge in [-0.3, -0.25) is 0 Å². The highest BCUT2D eigenvalue weighted by molar-refractivity contribution is 4.43. The van der Waals surface area contributed by atoms with Crippen molar-refractivity contribution in [1.82, 2.24) is 0 Å². The molecule has 4 nitrogen and oxygen atoms in total. The Bertz CT molecular complexity index is 47.0. The predicted octanol–water partition coefficient (Wildman–Crippen LogP) is -0.641. The van der Waals surface area contributed by atoms with E-state index >= 15 is 0 Å². The van der Waals surface area contributed by atoms with Crippen LogP contribution in [-0.2, 0) is 0 Å². The van der Waals surface area contributed by atoms with E-state index in [1.54, 1.807) is 0 Å². The third-order valence-corrected chi connectivity index (χ3v) is 1.16. The van der Waals surface area contributed by atoms with Crippen LogP contribution < -0.4 is 17.2 Å². The van der Waals surface area contributed by atoms with Crippen LogP contribution in [0.15, 0.2) is 0 Å². The summed E-state index contributed by atoms with van der Waals surface area (Å²) in [7, 11) is 0. The van der Waals surface area contributed by atoms with Gasteiger partial charge in [-0.05, 0) is 25.9 Å². The van der Waals surface area contributed by atoms with E-state index < -0.39 is 0 Å². The molecule has 0 aromatic heterocycles. The second kappa shape index (κ2) is 16.4. The first-order valence-electron chi connectivity index (χ1n) is 4.04. The van der Waals surface area contributed by atoms with Gasteiger partial charge in [-0.2, -0.15) is 0 Å². The van der Waals surface area contributed by atoms with E-state index in [4.69, 9.17) is 16.6 Å². The smallest absolute Gasteiger partial charge is 0.0906 e. The minimum Gasteiger partial charge on any atom is -0.382 e. The summed E-state index contributed by atoms with van der Waals surface area (Å²) in [5, 5.41) is 7.35. The van der Waals surface area contributed by atoms with Crippen molar-refractivity contribution in [2.75, 3.05) is 19.8 Å². The Morgan fingerprint density at radius 1 is 0.727 bits per heavy atom. The number of rotatable bonds is 5. The fourth-order valence-electron chi connectivity index (χ4n) is 0.642. The lowest BCUT2D eigenvalue weighted by molar-refractivity contribution is 0.307. The van der Waals surface area contributed by atoms with Gasteiger partial charge in [-0.1, -0.05) is 12.8 Å². The molecule has 0 saturated heterocycles. The second-order valence-electron chi connectivity index (χ2n) is 2.17. The summed E-state index contributed by atoms with van der Waals surface area (Å²) in [6.07, 6.45) is 4.79. The molecule has 0 fully saturated rings. The van der Waals surface area contributed by atoms with E-state index in [1.165, 1.54) is 12.8 Å².